The summed E-state index contributed by atoms with van der Waals surface area (Å²) in [6.07, 6.45) is -3.61. The van der Waals surface area contributed by atoms with Gasteiger partial charge in [0, 0.05) is 9.64 Å². The van der Waals surface area contributed by atoms with Crippen LogP contribution in [0.1, 0.15) is 16.2 Å². The number of halogens is 3. The number of hydrogen-bond acceptors (Lipinski definition) is 3. The highest BCUT2D eigenvalue weighted by Gasteiger charge is 2.45. The van der Waals surface area contributed by atoms with Crippen molar-refractivity contribution in [1.29, 1.82) is 0 Å². The van der Waals surface area contributed by atoms with E-state index in [1.807, 2.05) is 22.6 Å². The third-order valence-electron chi connectivity index (χ3n) is 2.63. The summed E-state index contributed by atoms with van der Waals surface area (Å²) in [5.74, 6) is -1.41. The number of nitrogens with zero attached hydrogens (tertiary/aromatic N) is 2. The van der Waals surface area contributed by atoms with Crippen molar-refractivity contribution in [3.05, 3.63) is 39.2 Å². The molecule has 0 saturated heterocycles. The summed E-state index contributed by atoms with van der Waals surface area (Å²) >= 11 is 1.95. The summed E-state index contributed by atoms with van der Waals surface area (Å²) in [4.78, 5) is 10.9. The highest BCUT2D eigenvalue weighted by atomic mass is 127. The van der Waals surface area contributed by atoms with Crippen LogP contribution < -0.4 is 4.74 Å². The van der Waals surface area contributed by atoms with Gasteiger partial charge >= 0.3 is 12.1 Å². The van der Waals surface area contributed by atoms with Crippen LogP contribution in [0.25, 0.3) is 5.69 Å². The SMILES string of the molecule is O=C(O)c1cc2n(n1)-c1c(I)cccc1OC2(F)F. The van der Waals surface area contributed by atoms with Crippen molar-refractivity contribution in [1.82, 2.24) is 9.78 Å². The first kappa shape index (κ1) is 12.3. The monoisotopic (exact) mass is 378 g/mol. The van der Waals surface area contributed by atoms with Crippen molar-refractivity contribution < 1.29 is 23.4 Å². The molecule has 1 aromatic carbocycles. The van der Waals surface area contributed by atoms with Gasteiger partial charge in [0.05, 0.1) is 0 Å². The highest BCUT2D eigenvalue weighted by Crippen LogP contribution is 2.42. The van der Waals surface area contributed by atoms with Crippen LogP contribution in [-0.4, -0.2) is 20.9 Å². The summed E-state index contributed by atoms with van der Waals surface area (Å²) in [6.45, 7) is 0. The predicted octanol–water partition coefficient (Wildman–Crippen LogP) is 2.62. The third kappa shape index (κ3) is 1.78. The van der Waals surface area contributed by atoms with Gasteiger partial charge in [0.1, 0.15) is 5.69 Å². The molecule has 1 N–H and O–H groups in total. The third-order valence-corrected chi connectivity index (χ3v) is 3.50. The van der Waals surface area contributed by atoms with Crippen LogP contribution in [0.3, 0.4) is 0 Å². The van der Waals surface area contributed by atoms with Crippen LogP contribution in [0.4, 0.5) is 8.78 Å². The van der Waals surface area contributed by atoms with E-state index in [0.29, 0.717) is 9.26 Å². The Bertz CT molecular complexity index is 699. The minimum Gasteiger partial charge on any atom is -0.476 e. The smallest absolute Gasteiger partial charge is 0.444 e. The van der Waals surface area contributed by atoms with Crippen LogP contribution in [0, 0.1) is 3.57 Å². The predicted molar refractivity (Wildman–Crippen MR) is 67.8 cm³/mol. The number of alkyl halides is 2. The lowest BCUT2D eigenvalue weighted by Crippen LogP contribution is -2.30. The van der Waals surface area contributed by atoms with E-state index in [1.54, 1.807) is 12.1 Å². The Balaban J connectivity index is 2.33. The Morgan fingerprint density at radius 2 is 2.21 bits per heavy atom. The molecule has 1 aliphatic heterocycles. The van der Waals surface area contributed by atoms with Gasteiger partial charge in [-0.1, -0.05) is 6.07 Å². The Hall–Kier alpha value is -1.71. The van der Waals surface area contributed by atoms with Crippen molar-refractivity contribution in [3.8, 4) is 11.4 Å². The standard InChI is InChI=1S/C11H5F2IN2O3/c12-11(13)8-4-6(10(17)18)15-16(8)9-5(14)2-1-3-7(9)19-11/h1-4H,(H,17,18). The summed E-state index contributed by atoms with van der Waals surface area (Å²) in [5, 5.41) is 12.6. The molecule has 3 rings (SSSR count). The fraction of sp³-hybridized carbons (Fsp3) is 0.0909. The van der Waals surface area contributed by atoms with Gasteiger partial charge in [-0.25, -0.2) is 9.48 Å². The number of carbonyl (C=O) groups is 1. The van der Waals surface area contributed by atoms with Gasteiger partial charge in [0.2, 0.25) is 0 Å². The quantitative estimate of drug-likeness (QED) is 0.776. The topological polar surface area (TPSA) is 64.3 Å². The van der Waals surface area contributed by atoms with Gasteiger partial charge < -0.3 is 9.84 Å². The Labute approximate surface area is 118 Å². The zero-order valence-corrected chi connectivity index (χ0v) is 11.3. The van der Waals surface area contributed by atoms with Crippen LogP contribution in [0.15, 0.2) is 24.3 Å². The molecule has 8 heteroatoms. The number of aromatic carboxylic acids is 1. The molecule has 1 aliphatic rings. The second-order valence-electron chi connectivity index (χ2n) is 3.84. The number of hydrogen-bond donors (Lipinski definition) is 1. The lowest BCUT2D eigenvalue weighted by Gasteiger charge is -2.26. The average Bonchev–Trinajstić information content (AvgIpc) is 2.74. The number of carboxylic acid groups (broad SMARTS) is 1. The van der Waals surface area contributed by atoms with Crippen LogP contribution in [0.5, 0.6) is 5.75 Å². The molecule has 0 amide bonds. The number of carboxylic acids is 1. The van der Waals surface area contributed by atoms with Crippen molar-refractivity contribution in [3.63, 3.8) is 0 Å². The van der Waals surface area contributed by atoms with Crippen LogP contribution in [0.2, 0.25) is 0 Å². The molecule has 0 bridgehead atoms. The molecule has 0 radical (unpaired) electrons. The van der Waals surface area contributed by atoms with E-state index in [2.05, 4.69) is 9.84 Å². The molecular formula is C11H5F2IN2O3. The first-order valence-electron chi connectivity index (χ1n) is 5.10. The van der Waals surface area contributed by atoms with Gasteiger partial charge in [-0.2, -0.15) is 13.9 Å². The molecule has 19 heavy (non-hydrogen) atoms. The maximum Gasteiger partial charge on any atom is 0.444 e. The number of para-hydroxylation sites is 1. The first-order chi connectivity index (χ1) is 8.90. The largest absolute Gasteiger partial charge is 0.476 e. The maximum atomic E-state index is 13.8. The van der Waals surface area contributed by atoms with Gasteiger partial charge in [-0.05, 0) is 34.7 Å². The minimum absolute atomic E-state index is 0.0376. The van der Waals surface area contributed by atoms with Crippen molar-refractivity contribution >= 4 is 28.6 Å². The minimum atomic E-state index is -3.61. The molecule has 0 spiro atoms. The van der Waals surface area contributed by atoms with Gasteiger partial charge in [0.15, 0.2) is 17.1 Å². The first-order valence-corrected chi connectivity index (χ1v) is 6.17. The molecule has 0 aliphatic carbocycles. The van der Waals surface area contributed by atoms with Crippen molar-refractivity contribution in [2.75, 3.05) is 0 Å². The zero-order chi connectivity index (χ0) is 13.8. The number of aromatic nitrogens is 2. The van der Waals surface area contributed by atoms with Gasteiger partial charge in [-0.15, -0.1) is 0 Å². The lowest BCUT2D eigenvalue weighted by atomic mass is 10.2. The van der Waals surface area contributed by atoms with Crippen LogP contribution in [-0.2, 0) is 6.11 Å². The summed E-state index contributed by atoms with van der Waals surface area (Å²) in [5.41, 5.74) is -0.733. The lowest BCUT2D eigenvalue weighted by molar-refractivity contribution is -0.194. The Morgan fingerprint density at radius 3 is 2.89 bits per heavy atom. The Kier molecular flexibility index (Phi) is 2.52. The van der Waals surface area contributed by atoms with E-state index < -0.39 is 23.5 Å². The average molecular weight is 378 g/mol. The van der Waals surface area contributed by atoms with E-state index in [9.17, 15) is 13.6 Å². The molecule has 2 heterocycles. The molecular weight excluding hydrogens is 373 g/mol. The maximum absolute atomic E-state index is 13.8. The molecule has 0 atom stereocenters. The second kappa shape index (κ2) is 3.89. The van der Waals surface area contributed by atoms with E-state index in [-0.39, 0.29) is 5.75 Å². The molecule has 98 valence electrons. The summed E-state index contributed by atoms with van der Waals surface area (Å²) in [6, 6.07) is 5.46. The normalized spacial score (nSPS) is 15.3. The Morgan fingerprint density at radius 1 is 1.47 bits per heavy atom. The van der Waals surface area contributed by atoms with E-state index in [4.69, 9.17) is 5.11 Å². The fourth-order valence-corrected chi connectivity index (χ4v) is 2.54. The van der Waals surface area contributed by atoms with Gasteiger partial charge in [0.25, 0.3) is 0 Å². The number of fused-ring (bicyclic) bond motifs is 3. The number of benzene rings is 1. The molecule has 0 saturated carbocycles. The van der Waals surface area contributed by atoms with Gasteiger partial charge in [-0.3, -0.25) is 0 Å². The van der Waals surface area contributed by atoms with E-state index in [1.165, 1.54) is 6.07 Å². The molecule has 1 aromatic heterocycles. The molecule has 5 nitrogen and oxygen atoms in total. The number of ether oxygens (including phenoxy) is 1. The zero-order valence-electron chi connectivity index (χ0n) is 9.10. The van der Waals surface area contributed by atoms with Crippen LogP contribution >= 0.6 is 22.6 Å². The van der Waals surface area contributed by atoms with E-state index >= 15 is 0 Å². The van der Waals surface area contributed by atoms with E-state index in [0.717, 1.165) is 10.7 Å². The second-order valence-corrected chi connectivity index (χ2v) is 5.00. The molecule has 0 unspecified atom stereocenters. The van der Waals surface area contributed by atoms with Crippen molar-refractivity contribution in [2.45, 2.75) is 6.11 Å². The molecule has 2 aromatic rings. The fourth-order valence-electron chi connectivity index (χ4n) is 1.84. The number of rotatable bonds is 1. The molecule has 0 fully saturated rings. The van der Waals surface area contributed by atoms with Crippen molar-refractivity contribution in [2.24, 2.45) is 0 Å². The summed E-state index contributed by atoms with van der Waals surface area (Å²) < 4.78 is 33.8. The highest BCUT2D eigenvalue weighted by molar-refractivity contribution is 14.1. The summed E-state index contributed by atoms with van der Waals surface area (Å²) in [7, 11) is 0.